The van der Waals surface area contributed by atoms with Crippen molar-refractivity contribution in [2.45, 2.75) is 26.2 Å². The van der Waals surface area contributed by atoms with Gasteiger partial charge in [-0.3, -0.25) is 4.98 Å². The van der Waals surface area contributed by atoms with Gasteiger partial charge in [0.25, 0.3) is 0 Å². The van der Waals surface area contributed by atoms with Gasteiger partial charge in [0.05, 0.1) is 3.79 Å². The van der Waals surface area contributed by atoms with Crippen molar-refractivity contribution in [2.24, 2.45) is 0 Å². The van der Waals surface area contributed by atoms with Gasteiger partial charge in [-0.15, -0.1) is 11.3 Å². The zero-order valence-corrected chi connectivity index (χ0v) is 11.6. The number of thiophene rings is 1. The average Bonchev–Trinajstić information content (AvgIpc) is 2.74. The molecule has 0 unspecified atom stereocenters. The van der Waals surface area contributed by atoms with Crippen LogP contribution in [0.25, 0.3) is 10.4 Å². The van der Waals surface area contributed by atoms with Crippen LogP contribution in [-0.4, -0.2) is 4.98 Å². The molecule has 0 amide bonds. The van der Waals surface area contributed by atoms with Crippen LogP contribution in [0, 0.1) is 0 Å². The summed E-state index contributed by atoms with van der Waals surface area (Å²) in [6.45, 7) is 2.21. The predicted octanol–water partition coefficient (Wildman–Crippen LogP) is 4.92. The van der Waals surface area contributed by atoms with Gasteiger partial charge in [0, 0.05) is 22.3 Å². The van der Waals surface area contributed by atoms with E-state index in [2.05, 4.69) is 52.1 Å². The lowest BCUT2D eigenvalue weighted by Gasteiger charge is -2.00. The molecule has 2 aromatic rings. The maximum Gasteiger partial charge on any atom is 0.0705 e. The van der Waals surface area contributed by atoms with Crippen molar-refractivity contribution in [3.05, 3.63) is 39.9 Å². The molecular formula is C13H14BrNS. The molecule has 0 bridgehead atoms. The minimum absolute atomic E-state index is 1.09. The highest BCUT2D eigenvalue weighted by Gasteiger charge is 2.02. The second-order valence-electron chi connectivity index (χ2n) is 3.75. The van der Waals surface area contributed by atoms with E-state index in [1.54, 1.807) is 11.3 Å². The maximum atomic E-state index is 4.49. The van der Waals surface area contributed by atoms with Gasteiger partial charge in [-0.2, -0.15) is 0 Å². The minimum Gasteiger partial charge on any atom is -0.261 e. The zero-order chi connectivity index (χ0) is 11.4. The number of pyridine rings is 1. The number of unbranched alkanes of at least 4 members (excludes halogenated alkanes) is 1. The Morgan fingerprint density at radius 2 is 2.12 bits per heavy atom. The van der Waals surface area contributed by atoms with Crippen molar-refractivity contribution >= 4 is 27.3 Å². The molecule has 0 spiro atoms. The number of hydrogen-bond donors (Lipinski definition) is 0. The van der Waals surface area contributed by atoms with Crippen molar-refractivity contribution in [1.29, 1.82) is 0 Å². The van der Waals surface area contributed by atoms with E-state index in [0.29, 0.717) is 0 Å². The average molecular weight is 296 g/mol. The summed E-state index contributed by atoms with van der Waals surface area (Å²) in [5, 5.41) is 0. The molecule has 3 heteroatoms. The standard InChI is InChI=1S/C13H14BrNS/c1-2-3-4-11-6-5-10(9-15-11)12-7-8-13(14)16-12/h5-9H,2-4H2,1H3. The van der Waals surface area contributed by atoms with Crippen molar-refractivity contribution in [1.82, 2.24) is 4.98 Å². The molecule has 0 saturated carbocycles. The SMILES string of the molecule is CCCCc1ccc(-c2ccc(Br)s2)cn1. The zero-order valence-electron chi connectivity index (χ0n) is 9.24. The molecule has 0 N–H and O–H groups in total. The Labute approximate surface area is 109 Å². The summed E-state index contributed by atoms with van der Waals surface area (Å²) >= 11 is 5.22. The fourth-order valence-electron chi connectivity index (χ4n) is 1.55. The molecule has 0 aliphatic heterocycles. The number of nitrogens with zero attached hydrogens (tertiary/aromatic N) is 1. The van der Waals surface area contributed by atoms with Crippen molar-refractivity contribution < 1.29 is 0 Å². The van der Waals surface area contributed by atoms with Gasteiger partial charge in [-0.25, -0.2) is 0 Å². The van der Waals surface area contributed by atoms with Crippen LogP contribution >= 0.6 is 27.3 Å². The number of aryl methyl sites for hydroxylation is 1. The van der Waals surface area contributed by atoms with Gasteiger partial charge in [-0.1, -0.05) is 19.4 Å². The van der Waals surface area contributed by atoms with Gasteiger partial charge in [-0.05, 0) is 47.0 Å². The van der Waals surface area contributed by atoms with Crippen LogP contribution in [0.4, 0.5) is 0 Å². The molecular weight excluding hydrogens is 282 g/mol. The maximum absolute atomic E-state index is 4.49. The van der Waals surface area contributed by atoms with E-state index >= 15 is 0 Å². The summed E-state index contributed by atoms with van der Waals surface area (Å²) in [6.07, 6.45) is 5.51. The Hall–Kier alpha value is -0.670. The smallest absolute Gasteiger partial charge is 0.0705 e. The third-order valence-electron chi connectivity index (χ3n) is 2.47. The third kappa shape index (κ3) is 2.92. The lowest BCUT2D eigenvalue weighted by molar-refractivity contribution is 0.777. The molecule has 0 aliphatic carbocycles. The summed E-state index contributed by atoms with van der Waals surface area (Å²) in [6, 6.07) is 8.50. The van der Waals surface area contributed by atoms with E-state index < -0.39 is 0 Å². The van der Waals surface area contributed by atoms with E-state index in [-0.39, 0.29) is 0 Å². The monoisotopic (exact) mass is 295 g/mol. The van der Waals surface area contributed by atoms with Crippen LogP contribution in [0.3, 0.4) is 0 Å². The van der Waals surface area contributed by atoms with Crippen LogP contribution in [0.5, 0.6) is 0 Å². The second-order valence-corrected chi connectivity index (χ2v) is 6.21. The van der Waals surface area contributed by atoms with Crippen LogP contribution in [0.1, 0.15) is 25.5 Å². The van der Waals surface area contributed by atoms with Gasteiger partial charge >= 0.3 is 0 Å². The van der Waals surface area contributed by atoms with E-state index in [1.807, 2.05) is 6.20 Å². The first-order chi connectivity index (χ1) is 7.79. The predicted molar refractivity (Wildman–Crippen MR) is 73.9 cm³/mol. The highest BCUT2D eigenvalue weighted by molar-refractivity contribution is 9.11. The first-order valence-corrected chi connectivity index (χ1v) is 7.11. The minimum atomic E-state index is 1.09. The van der Waals surface area contributed by atoms with Crippen LogP contribution in [0.15, 0.2) is 34.2 Å². The molecule has 0 atom stereocenters. The number of aromatic nitrogens is 1. The first kappa shape index (κ1) is 11.8. The number of halogens is 1. The molecule has 16 heavy (non-hydrogen) atoms. The lowest BCUT2D eigenvalue weighted by Crippen LogP contribution is -1.89. The Bertz CT molecular complexity index is 447. The van der Waals surface area contributed by atoms with Crippen molar-refractivity contribution in [3.63, 3.8) is 0 Å². The highest BCUT2D eigenvalue weighted by Crippen LogP contribution is 2.30. The first-order valence-electron chi connectivity index (χ1n) is 5.50. The Kier molecular flexibility index (Phi) is 4.13. The van der Waals surface area contributed by atoms with E-state index in [0.717, 1.165) is 10.2 Å². The van der Waals surface area contributed by atoms with Crippen LogP contribution < -0.4 is 0 Å². The second kappa shape index (κ2) is 5.60. The quantitative estimate of drug-likeness (QED) is 0.780. The fraction of sp³-hybridized carbons (Fsp3) is 0.308. The molecule has 0 saturated heterocycles. The van der Waals surface area contributed by atoms with E-state index in [9.17, 15) is 0 Å². The highest BCUT2D eigenvalue weighted by atomic mass is 79.9. The van der Waals surface area contributed by atoms with Crippen molar-refractivity contribution in [3.8, 4) is 10.4 Å². The fourth-order valence-corrected chi connectivity index (χ4v) is 2.92. The van der Waals surface area contributed by atoms with Crippen molar-refractivity contribution in [2.75, 3.05) is 0 Å². The molecule has 1 nitrogen and oxygen atoms in total. The van der Waals surface area contributed by atoms with Gasteiger partial charge in [0.1, 0.15) is 0 Å². The summed E-state index contributed by atoms with van der Waals surface area (Å²) in [5.74, 6) is 0. The summed E-state index contributed by atoms with van der Waals surface area (Å²) in [7, 11) is 0. The van der Waals surface area contributed by atoms with Crippen LogP contribution in [0.2, 0.25) is 0 Å². The van der Waals surface area contributed by atoms with Gasteiger partial charge in [0.2, 0.25) is 0 Å². The lowest BCUT2D eigenvalue weighted by atomic mass is 10.1. The molecule has 84 valence electrons. The Morgan fingerprint density at radius 3 is 2.69 bits per heavy atom. The summed E-state index contributed by atoms with van der Waals surface area (Å²) in [4.78, 5) is 5.76. The van der Waals surface area contributed by atoms with Crippen LogP contribution in [-0.2, 0) is 6.42 Å². The molecule has 2 aromatic heterocycles. The van der Waals surface area contributed by atoms with Gasteiger partial charge in [0.15, 0.2) is 0 Å². The Morgan fingerprint density at radius 1 is 1.25 bits per heavy atom. The number of rotatable bonds is 4. The topological polar surface area (TPSA) is 12.9 Å². The summed E-state index contributed by atoms with van der Waals surface area (Å²) in [5.41, 5.74) is 2.40. The molecule has 2 rings (SSSR count). The molecule has 0 aromatic carbocycles. The third-order valence-corrected chi connectivity index (χ3v) is 4.14. The largest absolute Gasteiger partial charge is 0.261 e. The normalized spacial score (nSPS) is 10.6. The molecule has 2 heterocycles. The number of hydrogen-bond acceptors (Lipinski definition) is 2. The molecule has 0 radical (unpaired) electrons. The summed E-state index contributed by atoms with van der Waals surface area (Å²) < 4.78 is 1.16. The van der Waals surface area contributed by atoms with Gasteiger partial charge < -0.3 is 0 Å². The molecule has 0 aliphatic rings. The Balaban J connectivity index is 2.13. The van der Waals surface area contributed by atoms with E-state index in [1.165, 1.54) is 29.0 Å². The van der Waals surface area contributed by atoms with E-state index in [4.69, 9.17) is 0 Å². The molecule has 0 fully saturated rings.